The molecule has 0 aliphatic carbocycles. The van der Waals surface area contributed by atoms with Crippen molar-refractivity contribution < 1.29 is 4.79 Å². The number of rotatable bonds is 6. The second kappa shape index (κ2) is 6.70. The molecule has 4 N–H and O–H groups in total. The molecule has 2 rings (SSSR count). The number of nitrogens with two attached hydrogens (primary N) is 1. The van der Waals surface area contributed by atoms with Gasteiger partial charge in [0.05, 0.1) is 5.69 Å². The van der Waals surface area contributed by atoms with Gasteiger partial charge in [0, 0.05) is 19.2 Å². The van der Waals surface area contributed by atoms with E-state index in [4.69, 9.17) is 5.73 Å². The van der Waals surface area contributed by atoms with Crippen LogP contribution in [0.2, 0.25) is 0 Å². The van der Waals surface area contributed by atoms with Crippen LogP contribution in [0, 0.1) is 0 Å². The molecule has 0 saturated heterocycles. The highest BCUT2D eigenvalue weighted by Crippen LogP contribution is 2.16. The van der Waals surface area contributed by atoms with Crippen molar-refractivity contribution in [3.63, 3.8) is 0 Å². The van der Waals surface area contributed by atoms with Gasteiger partial charge in [-0.25, -0.2) is 0 Å². The Morgan fingerprint density at radius 2 is 2.05 bits per heavy atom. The molecule has 19 heavy (non-hydrogen) atoms. The molecule has 0 unspecified atom stereocenters. The standard InChI is InChI=1S/C14H18N4O/c15-8-1-2-14(19)16-10-11-3-5-12(6-4-11)13-7-9-17-18-13/h3-7,9H,1-2,8,10,15H2,(H,16,19)(H,17,18). The molecule has 0 saturated carbocycles. The Labute approximate surface area is 112 Å². The largest absolute Gasteiger partial charge is 0.352 e. The van der Waals surface area contributed by atoms with Gasteiger partial charge in [0.25, 0.3) is 0 Å². The fourth-order valence-corrected chi connectivity index (χ4v) is 1.77. The molecule has 5 heteroatoms. The Bertz CT molecular complexity index is 505. The lowest BCUT2D eigenvalue weighted by atomic mass is 10.1. The van der Waals surface area contributed by atoms with Crippen molar-refractivity contribution in [1.29, 1.82) is 0 Å². The molecule has 0 aliphatic rings. The third-order valence-corrected chi connectivity index (χ3v) is 2.86. The average Bonchev–Trinajstić information content (AvgIpc) is 2.97. The van der Waals surface area contributed by atoms with E-state index < -0.39 is 0 Å². The first-order valence-electron chi connectivity index (χ1n) is 6.35. The normalized spacial score (nSPS) is 10.4. The van der Waals surface area contributed by atoms with Crippen LogP contribution in [0.4, 0.5) is 0 Å². The first kappa shape index (κ1) is 13.3. The smallest absolute Gasteiger partial charge is 0.220 e. The van der Waals surface area contributed by atoms with Gasteiger partial charge in [-0.3, -0.25) is 9.89 Å². The Kier molecular flexibility index (Phi) is 4.69. The SMILES string of the molecule is NCCCC(=O)NCc1ccc(-c2ccn[nH]2)cc1. The Morgan fingerprint density at radius 1 is 1.26 bits per heavy atom. The predicted molar refractivity (Wildman–Crippen MR) is 74.2 cm³/mol. The van der Waals surface area contributed by atoms with E-state index in [9.17, 15) is 4.79 Å². The highest BCUT2D eigenvalue weighted by molar-refractivity contribution is 5.75. The molecule has 0 fully saturated rings. The molecule has 0 bridgehead atoms. The highest BCUT2D eigenvalue weighted by Gasteiger charge is 2.02. The highest BCUT2D eigenvalue weighted by atomic mass is 16.1. The van der Waals surface area contributed by atoms with E-state index in [0.29, 0.717) is 19.5 Å². The first-order chi connectivity index (χ1) is 9.29. The summed E-state index contributed by atoms with van der Waals surface area (Å²) in [6.45, 7) is 1.10. The van der Waals surface area contributed by atoms with Crippen molar-refractivity contribution in [1.82, 2.24) is 15.5 Å². The molecule has 0 spiro atoms. The lowest BCUT2D eigenvalue weighted by Gasteiger charge is -2.05. The van der Waals surface area contributed by atoms with Gasteiger partial charge < -0.3 is 11.1 Å². The van der Waals surface area contributed by atoms with Gasteiger partial charge in [-0.2, -0.15) is 5.10 Å². The summed E-state index contributed by atoms with van der Waals surface area (Å²) in [5.41, 5.74) is 8.50. The van der Waals surface area contributed by atoms with Crippen LogP contribution in [0.15, 0.2) is 36.5 Å². The molecule has 5 nitrogen and oxygen atoms in total. The molecule has 2 aromatic rings. The van der Waals surface area contributed by atoms with Gasteiger partial charge in [0.2, 0.25) is 5.91 Å². The van der Waals surface area contributed by atoms with Crippen LogP contribution >= 0.6 is 0 Å². The topological polar surface area (TPSA) is 83.8 Å². The van der Waals surface area contributed by atoms with E-state index in [1.165, 1.54) is 0 Å². The number of hydrogen-bond acceptors (Lipinski definition) is 3. The number of hydrogen-bond donors (Lipinski definition) is 3. The Morgan fingerprint density at radius 3 is 2.68 bits per heavy atom. The van der Waals surface area contributed by atoms with E-state index >= 15 is 0 Å². The molecule has 1 amide bonds. The predicted octanol–water partition coefficient (Wildman–Crippen LogP) is 1.43. The van der Waals surface area contributed by atoms with Crippen LogP contribution in [0.5, 0.6) is 0 Å². The van der Waals surface area contributed by atoms with E-state index in [-0.39, 0.29) is 5.91 Å². The van der Waals surface area contributed by atoms with E-state index in [0.717, 1.165) is 23.2 Å². The van der Waals surface area contributed by atoms with Gasteiger partial charge in [0.15, 0.2) is 0 Å². The molecule has 0 atom stereocenters. The molecule has 100 valence electrons. The summed E-state index contributed by atoms with van der Waals surface area (Å²) in [6, 6.07) is 9.94. The minimum absolute atomic E-state index is 0.0445. The summed E-state index contributed by atoms with van der Waals surface area (Å²) in [6.07, 6.45) is 2.94. The van der Waals surface area contributed by atoms with Crippen molar-refractivity contribution in [2.45, 2.75) is 19.4 Å². The summed E-state index contributed by atoms with van der Waals surface area (Å²) in [7, 11) is 0. The Hall–Kier alpha value is -2.14. The summed E-state index contributed by atoms with van der Waals surface area (Å²) in [5, 5.41) is 9.70. The van der Waals surface area contributed by atoms with Crippen molar-refractivity contribution in [3.8, 4) is 11.3 Å². The van der Waals surface area contributed by atoms with Crippen molar-refractivity contribution >= 4 is 5.91 Å². The maximum atomic E-state index is 11.4. The molecular weight excluding hydrogens is 240 g/mol. The van der Waals surface area contributed by atoms with E-state index in [1.807, 2.05) is 30.3 Å². The first-order valence-corrected chi connectivity index (χ1v) is 6.35. The van der Waals surface area contributed by atoms with Crippen LogP contribution in [0.1, 0.15) is 18.4 Å². The summed E-state index contributed by atoms with van der Waals surface area (Å²) in [4.78, 5) is 11.4. The zero-order chi connectivity index (χ0) is 13.5. The number of carbonyl (C=O) groups is 1. The summed E-state index contributed by atoms with van der Waals surface area (Å²) >= 11 is 0. The molecular formula is C14H18N4O. The fraction of sp³-hybridized carbons (Fsp3) is 0.286. The van der Waals surface area contributed by atoms with E-state index in [1.54, 1.807) is 6.20 Å². The Balaban J connectivity index is 1.87. The lowest BCUT2D eigenvalue weighted by Crippen LogP contribution is -2.23. The van der Waals surface area contributed by atoms with Gasteiger partial charge in [-0.15, -0.1) is 0 Å². The second-order valence-electron chi connectivity index (χ2n) is 4.34. The molecule has 0 radical (unpaired) electrons. The van der Waals surface area contributed by atoms with Crippen molar-refractivity contribution in [2.24, 2.45) is 5.73 Å². The number of carbonyl (C=O) groups excluding carboxylic acids is 1. The third kappa shape index (κ3) is 3.93. The van der Waals surface area contributed by atoms with Gasteiger partial charge in [-0.05, 0) is 30.2 Å². The quantitative estimate of drug-likeness (QED) is 0.733. The third-order valence-electron chi connectivity index (χ3n) is 2.86. The van der Waals surface area contributed by atoms with Crippen LogP contribution in [0.25, 0.3) is 11.3 Å². The minimum Gasteiger partial charge on any atom is -0.352 e. The maximum Gasteiger partial charge on any atom is 0.220 e. The maximum absolute atomic E-state index is 11.4. The average molecular weight is 258 g/mol. The molecule has 1 aromatic carbocycles. The number of benzene rings is 1. The number of aromatic amines is 1. The van der Waals surface area contributed by atoms with Gasteiger partial charge in [-0.1, -0.05) is 24.3 Å². The number of amides is 1. The zero-order valence-corrected chi connectivity index (χ0v) is 10.7. The fourth-order valence-electron chi connectivity index (χ4n) is 1.77. The molecule has 1 heterocycles. The summed E-state index contributed by atoms with van der Waals surface area (Å²) < 4.78 is 0. The van der Waals surface area contributed by atoms with Crippen LogP contribution in [-0.4, -0.2) is 22.6 Å². The van der Waals surface area contributed by atoms with Crippen LogP contribution < -0.4 is 11.1 Å². The molecule has 1 aromatic heterocycles. The number of nitrogens with zero attached hydrogens (tertiary/aromatic N) is 1. The number of nitrogens with one attached hydrogen (secondary N) is 2. The van der Waals surface area contributed by atoms with Crippen molar-refractivity contribution in [3.05, 3.63) is 42.1 Å². The van der Waals surface area contributed by atoms with Crippen LogP contribution in [0.3, 0.4) is 0 Å². The van der Waals surface area contributed by atoms with Crippen molar-refractivity contribution in [2.75, 3.05) is 6.54 Å². The zero-order valence-electron chi connectivity index (χ0n) is 10.7. The summed E-state index contributed by atoms with van der Waals surface area (Å²) in [5.74, 6) is 0.0445. The van der Waals surface area contributed by atoms with E-state index in [2.05, 4.69) is 15.5 Å². The van der Waals surface area contributed by atoms with Gasteiger partial charge >= 0.3 is 0 Å². The molecule has 0 aliphatic heterocycles. The minimum atomic E-state index is 0.0445. The second-order valence-corrected chi connectivity index (χ2v) is 4.34. The number of H-pyrrole nitrogens is 1. The lowest BCUT2D eigenvalue weighted by molar-refractivity contribution is -0.121. The van der Waals surface area contributed by atoms with Crippen LogP contribution in [-0.2, 0) is 11.3 Å². The number of aromatic nitrogens is 2. The monoisotopic (exact) mass is 258 g/mol. The van der Waals surface area contributed by atoms with Gasteiger partial charge in [0.1, 0.15) is 0 Å².